The molecule has 0 spiro atoms. The van der Waals surface area contributed by atoms with E-state index in [1.54, 1.807) is 0 Å². The number of hydrogen-bond donors (Lipinski definition) is 2. The molecule has 0 unspecified atom stereocenters. The van der Waals surface area contributed by atoms with Gasteiger partial charge in [-0.25, -0.2) is 0 Å². The summed E-state index contributed by atoms with van der Waals surface area (Å²) in [4.78, 5) is 10.8. The topological polar surface area (TPSA) is 55.1 Å². The van der Waals surface area contributed by atoms with E-state index >= 15 is 0 Å². The maximum Gasteiger partial charge on any atom is 0.219 e. The van der Waals surface area contributed by atoms with Crippen LogP contribution < -0.4 is 11.1 Å². The Morgan fingerprint density at radius 3 is 2.50 bits per heavy atom. The zero-order valence-corrected chi connectivity index (χ0v) is 6.68. The second-order valence-corrected chi connectivity index (χ2v) is 2.26. The number of rotatable bonds is 4. The smallest absolute Gasteiger partial charge is 0.219 e. The van der Waals surface area contributed by atoms with Gasteiger partial charge in [-0.3, -0.25) is 4.79 Å². The van der Waals surface area contributed by atoms with Crippen molar-refractivity contribution in [2.24, 2.45) is 5.73 Å². The van der Waals surface area contributed by atoms with Crippen molar-refractivity contribution >= 4 is 5.91 Å². The molecule has 0 radical (unpaired) electrons. The van der Waals surface area contributed by atoms with Gasteiger partial charge in [0.1, 0.15) is 0 Å². The van der Waals surface area contributed by atoms with Crippen molar-refractivity contribution in [3.05, 3.63) is 0 Å². The van der Waals surface area contributed by atoms with Crippen LogP contribution in [0.25, 0.3) is 0 Å². The fourth-order valence-electron chi connectivity index (χ4n) is 0.657. The van der Waals surface area contributed by atoms with Crippen molar-refractivity contribution in [3.63, 3.8) is 0 Å². The number of nitrogens with one attached hydrogen (secondary N) is 1. The first-order chi connectivity index (χ1) is 4.74. The summed E-state index contributed by atoms with van der Waals surface area (Å²) in [6.07, 6.45) is 1.44. The van der Waals surface area contributed by atoms with Crippen molar-refractivity contribution in [2.75, 3.05) is 6.54 Å². The summed E-state index contributed by atoms with van der Waals surface area (Å²) in [5.74, 6) is 0.0808. The van der Waals surface area contributed by atoms with Gasteiger partial charge in [-0.1, -0.05) is 13.8 Å². The van der Waals surface area contributed by atoms with E-state index in [2.05, 4.69) is 5.32 Å². The highest BCUT2D eigenvalue weighted by Gasteiger charge is 2.04. The van der Waals surface area contributed by atoms with E-state index in [0.29, 0.717) is 13.0 Å². The zero-order valence-electron chi connectivity index (χ0n) is 6.68. The maximum absolute atomic E-state index is 10.8. The first-order valence-electron chi connectivity index (χ1n) is 3.74. The Labute approximate surface area is 62.0 Å². The van der Waals surface area contributed by atoms with Crippen LogP contribution in [0.5, 0.6) is 0 Å². The molecular formula is C7H16N2O. The quantitative estimate of drug-likeness (QED) is 0.594. The molecule has 3 N–H and O–H groups in total. The van der Waals surface area contributed by atoms with Gasteiger partial charge >= 0.3 is 0 Å². The van der Waals surface area contributed by atoms with Gasteiger partial charge in [-0.05, 0) is 6.42 Å². The molecule has 0 aromatic carbocycles. The van der Waals surface area contributed by atoms with Crippen molar-refractivity contribution in [1.29, 1.82) is 0 Å². The third-order valence-electron chi connectivity index (χ3n) is 1.46. The minimum Gasteiger partial charge on any atom is -0.352 e. The van der Waals surface area contributed by atoms with Gasteiger partial charge in [0.2, 0.25) is 5.91 Å². The van der Waals surface area contributed by atoms with Crippen LogP contribution in [0.2, 0.25) is 0 Å². The van der Waals surface area contributed by atoms with Gasteiger partial charge in [0.25, 0.3) is 0 Å². The molecular weight excluding hydrogens is 128 g/mol. The van der Waals surface area contributed by atoms with Crippen LogP contribution in [0.1, 0.15) is 26.7 Å². The Kier molecular flexibility index (Phi) is 4.94. The average molecular weight is 144 g/mol. The summed E-state index contributed by atoms with van der Waals surface area (Å²) in [5.41, 5.74) is 5.37. The Morgan fingerprint density at radius 1 is 1.60 bits per heavy atom. The number of hydrogen-bond acceptors (Lipinski definition) is 2. The minimum absolute atomic E-state index is 0.0808. The second-order valence-electron chi connectivity index (χ2n) is 2.26. The highest BCUT2D eigenvalue weighted by molar-refractivity contribution is 5.75. The Bertz CT molecular complexity index is 99.8. The van der Waals surface area contributed by atoms with Crippen molar-refractivity contribution in [1.82, 2.24) is 5.32 Å². The first kappa shape index (κ1) is 9.43. The monoisotopic (exact) mass is 144 g/mol. The molecule has 60 valence electrons. The third kappa shape index (κ3) is 3.45. The molecule has 10 heavy (non-hydrogen) atoms. The van der Waals surface area contributed by atoms with Gasteiger partial charge in [-0.2, -0.15) is 0 Å². The summed E-state index contributed by atoms with van der Waals surface area (Å²) in [7, 11) is 0. The molecule has 0 saturated heterocycles. The van der Waals surface area contributed by atoms with Crippen LogP contribution in [0.3, 0.4) is 0 Å². The summed E-state index contributed by atoms with van der Waals surface area (Å²) < 4.78 is 0. The fourth-order valence-corrected chi connectivity index (χ4v) is 0.657. The molecule has 1 amide bonds. The molecule has 3 nitrogen and oxygen atoms in total. The lowest BCUT2D eigenvalue weighted by Crippen LogP contribution is -2.39. The average Bonchev–Trinajstić information content (AvgIpc) is 1.99. The molecule has 3 heteroatoms. The molecule has 0 bridgehead atoms. The Morgan fingerprint density at radius 2 is 2.20 bits per heavy atom. The maximum atomic E-state index is 10.8. The van der Waals surface area contributed by atoms with Crippen LogP contribution in [-0.2, 0) is 4.79 Å². The van der Waals surface area contributed by atoms with Gasteiger partial charge in [-0.15, -0.1) is 0 Å². The molecule has 0 aliphatic heterocycles. The number of carbonyl (C=O) groups is 1. The first-order valence-corrected chi connectivity index (χ1v) is 3.74. The summed E-state index contributed by atoms with van der Waals surface area (Å²) in [5, 5.41) is 2.80. The lowest BCUT2D eigenvalue weighted by atomic mass is 10.2. The summed E-state index contributed by atoms with van der Waals surface area (Å²) >= 11 is 0. The number of carbonyl (C=O) groups excluding carboxylic acids is 1. The predicted octanol–water partition coefficient (Wildman–Crippen LogP) is 0.250. The molecule has 0 aliphatic rings. The van der Waals surface area contributed by atoms with E-state index < -0.39 is 0 Å². The lowest BCUT2D eigenvalue weighted by Gasteiger charge is -2.12. The van der Waals surface area contributed by atoms with Crippen LogP contribution in [-0.4, -0.2) is 18.5 Å². The minimum atomic E-state index is 0.0808. The standard InChI is InChI=1S/C7H16N2O/c1-3-6(5-8)9-7(10)4-2/h6H,3-5,8H2,1-2H3,(H,9,10)/t6-/m1/s1. The van der Waals surface area contributed by atoms with E-state index in [0.717, 1.165) is 6.42 Å². The highest BCUT2D eigenvalue weighted by Crippen LogP contribution is 1.87. The van der Waals surface area contributed by atoms with Crippen LogP contribution in [0.4, 0.5) is 0 Å². The van der Waals surface area contributed by atoms with Crippen LogP contribution >= 0.6 is 0 Å². The molecule has 0 heterocycles. The highest BCUT2D eigenvalue weighted by atomic mass is 16.1. The molecule has 0 aliphatic carbocycles. The van der Waals surface area contributed by atoms with Crippen molar-refractivity contribution < 1.29 is 4.79 Å². The Balaban J connectivity index is 3.52. The fraction of sp³-hybridized carbons (Fsp3) is 0.857. The zero-order chi connectivity index (χ0) is 7.98. The van der Waals surface area contributed by atoms with E-state index in [1.807, 2.05) is 13.8 Å². The van der Waals surface area contributed by atoms with Crippen molar-refractivity contribution in [2.45, 2.75) is 32.7 Å². The number of amides is 1. The van der Waals surface area contributed by atoms with Gasteiger partial charge in [0, 0.05) is 19.0 Å². The van der Waals surface area contributed by atoms with Crippen molar-refractivity contribution in [3.8, 4) is 0 Å². The lowest BCUT2D eigenvalue weighted by molar-refractivity contribution is -0.121. The van der Waals surface area contributed by atoms with Crippen LogP contribution in [0, 0.1) is 0 Å². The largest absolute Gasteiger partial charge is 0.352 e. The molecule has 0 fully saturated rings. The predicted molar refractivity (Wildman–Crippen MR) is 41.6 cm³/mol. The SMILES string of the molecule is CCC(=O)N[C@H](CC)CN. The molecule has 0 rings (SSSR count). The normalized spacial score (nSPS) is 12.7. The summed E-state index contributed by atoms with van der Waals surface area (Å²) in [6.45, 7) is 4.37. The van der Waals surface area contributed by atoms with E-state index in [-0.39, 0.29) is 11.9 Å². The van der Waals surface area contributed by atoms with Gasteiger partial charge in [0.05, 0.1) is 0 Å². The summed E-state index contributed by atoms with van der Waals surface area (Å²) in [6, 6.07) is 0.160. The van der Waals surface area contributed by atoms with E-state index in [1.165, 1.54) is 0 Å². The van der Waals surface area contributed by atoms with Gasteiger partial charge in [0.15, 0.2) is 0 Å². The third-order valence-corrected chi connectivity index (χ3v) is 1.46. The van der Waals surface area contributed by atoms with E-state index in [4.69, 9.17) is 5.73 Å². The second kappa shape index (κ2) is 5.23. The molecule has 1 atom stereocenters. The number of nitrogens with two attached hydrogens (primary N) is 1. The molecule has 0 aromatic rings. The van der Waals surface area contributed by atoms with Gasteiger partial charge < -0.3 is 11.1 Å². The molecule has 0 aromatic heterocycles. The van der Waals surface area contributed by atoms with Crippen LogP contribution in [0.15, 0.2) is 0 Å². The Hall–Kier alpha value is -0.570. The molecule has 0 saturated carbocycles. The van der Waals surface area contributed by atoms with E-state index in [9.17, 15) is 4.79 Å².